The lowest BCUT2D eigenvalue weighted by molar-refractivity contribution is 0.275. The van der Waals surface area contributed by atoms with Crippen molar-refractivity contribution >= 4 is 18.8 Å². The highest BCUT2D eigenvalue weighted by atomic mass is 31.2. The van der Waals surface area contributed by atoms with E-state index in [0.717, 1.165) is 0 Å². The third-order valence-electron chi connectivity index (χ3n) is 0. The normalized spacial score (nSPS) is 9.83. The summed E-state index contributed by atoms with van der Waals surface area (Å²) in [5.41, 5.74) is 0. The van der Waals surface area contributed by atoms with E-state index in [2.05, 4.69) is 0 Å². The first-order chi connectivity index (χ1) is 2.00. The molecule has 0 aliphatic heterocycles. The van der Waals surface area contributed by atoms with E-state index in [1.165, 1.54) is 0 Å². The molecule has 0 fully saturated rings. The minimum absolute atomic E-state index is 0. The van der Waals surface area contributed by atoms with E-state index in [1.54, 1.807) is 0 Å². The van der Waals surface area contributed by atoms with Crippen LogP contribution in [0.15, 0.2) is 0 Å². The Morgan fingerprint density at radius 2 is 1.33 bits per heavy atom. The van der Waals surface area contributed by atoms with Crippen LogP contribution in [-0.2, 0) is 4.57 Å². The molecule has 4 nitrogen and oxygen atoms in total. The predicted octanol–water partition coefficient (Wildman–Crippen LogP) is -2.13. The van der Waals surface area contributed by atoms with Crippen molar-refractivity contribution in [2.75, 3.05) is 0 Å². The Hall–Kier alpha value is 0.327. The van der Waals surface area contributed by atoms with E-state index in [0.29, 0.717) is 0 Å². The molecular formula is H9O4PSi. The van der Waals surface area contributed by atoms with Gasteiger partial charge in [-0.1, -0.05) is 0 Å². The van der Waals surface area contributed by atoms with Gasteiger partial charge in [-0.3, -0.25) is 0 Å². The maximum absolute atomic E-state index is 8.88. The molecule has 0 aliphatic carbocycles. The van der Waals surface area contributed by atoms with Crippen LogP contribution in [0, 0.1) is 0 Å². The van der Waals surface area contributed by atoms with Crippen LogP contribution < -0.4 is 0 Å². The summed E-state index contributed by atoms with van der Waals surface area (Å²) in [6.07, 6.45) is 0. The second-order valence-electron chi connectivity index (χ2n) is 0.513. The lowest BCUT2D eigenvalue weighted by atomic mass is 15.8. The highest BCUT2D eigenvalue weighted by Crippen LogP contribution is 2.25. The Morgan fingerprint density at radius 3 is 1.33 bits per heavy atom. The Morgan fingerprint density at radius 1 is 1.33 bits per heavy atom. The zero-order valence-corrected chi connectivity index (χ0v) is 3.09. The summed E-state index contributed by atoms with van der Waals surface area (Å²) in [6.45, 7) is 0. The second-order valence-corrected chi connectivity index (χ2v) is 1.54. The summed E-state index contributed by atoms with van der Waals surface area (Å²) >= 11 is 0. The second kappa shape index (κ2) is 2.49. The maximum Gasteiger partial charge on any atom is 0.466 e. The SMILES string of the molecule is O=P(O)(O)O.[HH].[SiH4]. The van der Waals surface area contributed by atoms with E-state index in [9.17, 15) is 0 Å². The van der Waals surface area contributed by atoms with Crippen molar-refractivity contribution in [3.05, 3.63) is 0 Å². The summed E-state index contributed by atoms with van der Waals surface area (Å²) < 4.78 is 8.88. The van der Waals surface area contributed by atoms with Gasteiger partial charge in [0.1, 0.15) is 0 Å². The van der Waals surface area contributed by atoms with Gasteiger partial charge in [0.15, 0.2) is 0 Å². The van der Waals surface area contributed by atoms with Crippen molar-refractivity contribution in [2.45, 2.75) is 0 Å². The van der Waals surface area contributed by atoms with Gasteiger partial charge in [-0.25, -0.2) is 4.57 Å². The van der Waals surface area contributed by atoms with Crippen molar-refractivity contribution in [1.82, 2.24) is 0 Å². The first kappa shape index (κ1) is 9.59. The van der Waals surface area contributed by atoms with Crippen LogP contribution in [0.3, 0.4) is 0 Å². The zero-order chi connectivity index (χ0) is 4.50. The molecule has 0 rings (SSSR count). The molecule has 3 N–H and O–H groups in total. The summed E-state index contributed by atoms with van der Waals surface area (Å²) in [5, 5.41) is 0. The van der Waals surface area contributed by atoms with Gasteiger partial charge in [0.2, 0.25) is 0 Å². The molecule has 0 bridgehead atoms. The zero-order valence-electron chi connectivity index (χ0n) is 2.20. The van der Waals surface area contributed by atoms with Crippen LogP contribution in [0.4, 0.5) is 0 Å². The quantitative estimate of drug-likeness (QED) is 0.260. The smallest absolute Gasteiger partial charge is 0.303 e. The van der Waals surface area contributed by atoms with Crippen molar-refractivity contribution in [1.29, 1.82) is 0 Å². The molecule has 0 unspecified atom stereocenters. The molecule has 0 aromatic carbocycles. The molecule has 0 aromatic heterocycles. The van der Waals surface area contributed by atoms with E-state index in [-0.39, 0.29) is 12.4 Å². The minimum Gasteiger partial charge on any atom is -0.303 e. The molecule has 0 aliphatic rings. The molecule has 0 heterocycles. The minimum atomic E-state index is -4.64. The largest absolute Gasteiger partial charge is 0.466 e. The fourth-order valence-electron chi connectivity index (χ4n) is 0. The summed E-state index contributed by atoms with van der Waals surface area (Å²) in [5.74, 6) is 0. The Bertz CT molecular complexity index is 57.8. The monoisotopic (exact) mass is 132 g/mol. The van der Waals surface area contributed by atoms with Crippen molar-refractivity contribution in [3.8, 4) is 0 Å². The van der Waals surface area contributed by atoms with Gasteiger partial charge < -0.3 is 14.7 Å². The van der Waals surface area contributed by atoms with Gasteiger partial charge in [0.05, 0.1) is 0 Å². The molecule has 6 heavy (non-hydrogen) atoms. The van der Waals surface area contributed by atoms with E-state index in [4.69, 9.17) is 19.2 Å². The van der Waals surface area contributed by atoms with Crippen LogP contribution in [0.2, 0.25) is 0 Å². The standard InChI is InChI=1S/H3O4P.H4Si.H2/c1-5(2,3)4;;/h(H3,1,2,3,4);1H4;1H. The van der Waals surface area contributed by atoms with Crippen LogP contribution in [0.5, 0.6) is 0 Å². The van der Waals surface area contributed by atoms with E-state index < -0.39 is 7.82 Å². The predicted molar refractivity (Wildman–Crippen MR) is 27.7 cm³/mol. The Labute approximate surface area is 40.6 Å². The molecule has 0 amide bonds. The van der Waals surface area contributed by atoms with Gasteiger partial charge in [-0.15, -0.1) is 0 Å². The number of hydrogen-bond acceptors (Lipinski definition) is 1. The molecule has 0 radical (unpaired) electrons. The first-order valence-electron chi connectivity index (χ1n) is 0.783. The third kappa shape index (κ3) is 448. The van der Waals surface area contributed by atoms with Crippen LogP contribution in [0.1, 0.15) is 1.43 Å². The van der Waals surface area contributed by atoms with Gasteiger partial charge in [0.25, 0.3) is 0 Å². The average Bonchev–Trinajstić information content (AvgIpc) is 0.722. The van der Waals surface area contributed by atoms with Gasteiger partial charge in [-0.05, 0) is 11.0 Å². The van der Waals surface area contributed by atoms with Crippen molar-refractivity contribution in [2.24, 2.45) is 0 Å². The van der Waals surface area contributed by atoms with Gasteiger partial charge in [-0.2, -0.15) is 0 Å². The highest BCUT2D eigenvalue weighted by molar-refractivity contribution is 7.45. The molecule has 0 spiro atoms. The van der Waals surface area contributed by atoms with Crippen molar-refractivity contribution in [3.63, 3.8) is 0 Å². The fraction of sp³-hybridized carbons (Fsp3) is 0. The molecule has 42 valence electrons. The molecule has 6 heteroatoms. The molecule has 0 saturated carbocycles. The van der Waals surface area contributed by atoms with Gasteiger partial charge >= 0.3 is 7.82 Å². The number of hydrogen-bond donors (Lipinski definition) is 3. The van der Waals surface area contributed by atoms with Crippen LogP contribution in [0.25, 0.3) is 0 Å². The Balaban J connectivity index is -0.0000000800. The maximum atomic E-state index is 8.88. The lowest BCUT2D eigenvalue weighted by Crippen LogP contribution is -1.66. The lowest BCUT2D eigenvalue weighted by Gasteiger charge is -1.82. The van der Waals surface area contributed by atoms with Crippen LogP contribution >= 0.6 is 7.82 Å². The number of rotatable bonds is 0. The Kier molecular flexibility index (Phi) is 3.98. The molecule has 0 saturated heterocycles. The number of phosphoric acid groups is 1. The van der Waals surface area contributed by atoms with E-state index in [1.807, 2.05) is 0 Å². The van der Waals surface area contributed by atoms with Gasteiger partial charge in [0, 0.05) is 1.43 Å². The topological polar surface area (TPSA) is 77.8 Å². The molecular weight excluding hydrogens is 123 g/mol. The van der Waals surface area contributed by atoms with Crippen LogP contribution in [-0.4, -0.2) is 25.6 Å². The third-order valence-corrected chi connectivity index (χ3v) is 0. The van der Waals surface area contributed by atoms with E-state index >= 15 is 0 Å². The summed E-state index contributed by atoms with van der Waals surface area (Å²) in [6, 6.07) is 0. The average molecular weight is 132 g/mol. The summed E-state index contributed by atoms with van der Waals surface area (Å²) in [4.78, 5) is 21.6. The first-order valence-corrected chi connectivity index (χ1v) is 2.35. The summed E-state index contributed by atoms with van der Waals surface area (Å²) in [7, 11) is -4.64. The molecule has 0 atom stereocenters. The fourth-order valence-corrected chi connectivity index (χ4v) is 0. The molecule has 0 aromatic rings. The highest BCUT2D eigenvalue weighted by Gasteiger charge is 2.00. The van der Waals surface area contributed by atoms with Crippen molar-refractivity contribution < 1.29 is 20.7 Å².